The molecule has 20 nitrogen and oxygen atoms in total. The van der Waals surface area contributed by atoms with E-state index in [-0.39, 0.29) is 42.9 Å². The number of carbonyl (C=O) groups is 2. The number of rotatable bonds is 12. The van der Waals surface area contributed by atoms with Crippen molar-refractivity contribution in [2.24, 2.45) is 0 Å². The molecule has 0 saturated carbocycles. The Labute approximate surface area is 571 Å². The second kappa shape index (κ2) is 28.3. The summed E-state index contributed by atoms with van der Waals surface area (Å²) in [5.41, 5.74) is -13.2. The highest BCUT2D eigenvalue weighted by atomic mass is 127. The number of nitrogens with zero attached hydrogens (tertiary/aromatic N) is 12. The van der Waals surface area contributed by atoms with Gasteiger partial charge < -0.3 is 14.4 Å². The molecule has 10 heterocycles. The van der Waals surface area contributed by atoms with Crippen LogP contribution in [-0.2, 0) is 47.5 Å². The summed E-state index contributed by atoms with van der Waals surface area (Å²) >= 11 is 1.32. The Morgan fingerprint density at radius 3 is 1.16 bits per heavy atom. The zero-order chi connectivity index (χ0) is 78.1. The van der Waals surface area contributed by atoms with Gasteiger partial charge in [0, 0.05) is 71.1 Å². The maximum atomic E-state index is 13.6. The molecule has 1 saturated heterocycles. The highest BCUT2D eigenvalue weighted by molar-refractivity contribution is 14.1. The van der Waals surface area contributed by atoms with E-state index in [1.165, 1.54) is 54.8 Å². The monoisotopic (exact) mass is 1620 g/mol. The van der Waals surface area contributed by atoms with Crippen molar-refractivity contribution in [1.82, 2.24) is 57.5 Å². The maximum Gasteiger partial charge on any atom is 0.498 e. The highest BCUT2D eigenvalue weighted by Gasteiger charge is 2.60. The van der Waals surface area contributed by atoms with Gasteiger partial charge in [-0.05, 0) is 113 Å². The average molecular weight is 1620 g/mol. The van der Waals surface area contributed by atoms with Crippen LogP contribution < -0.4 is 22.1 Å². The quantitative estimate of drug-likeness (QED) is 0.0519. The number of hydrogen-bond acceptors (Lipinski definition) is 14. The van der Waals surface area contributed by atoms with Crippen molar-refractivity contribution >= 4 is 63.7 Å². The van der Waals surface area contributed by atoms with E-state index < -0.39 is 176 Å². The first-order valence-electron chi connectivity index (χ1n) is 28.2. The molecule has 1 fully saturated rings. The lowest BCUT2D eigenvalue weighted by molar-refractivity contribution is -0.287. The van der Waals surface area contributed by atoms with Crippen LogP contribution in [0.25, 0.3) is 39.2 Å². The van der Waals surface area contributed by atoms with E-state index in [9.17, 15) is 134 Å². The fourth-order valence-corrected chi connectivity index (χ4v) is 9.52. The molecule has 0 aromatic carbocycles. The van der Waals surface area contributed by atoms with Crippen molar-refractivity contribution in [2.75, 3.05) is 0 Å². The summed E-state index contributed by atoms with van der Waals surface area (Å²) in [6.07, 6.45) is -26.0. The van der Waals surface area contributed by atoms with Gasteiger partial charge in [-0.2, -0.15) is 121 Å². The van der Waals surface area contributed by atoms with Crippen molar-refractivity contribution < 1.29 is 129 Å². The van der Waals surface area contributed by atoms with Crippen LogP contribution in [0.1, 0.15) is 97.9 Å². The van der Waals surface area contributed by atoms with Gasteiger partial charge in [-0.1, -0.05) is 0 Å². The summed E-state index contributed by atoms with van der Waals surface area (Å²) in [6.45, 7) is 5.40. The van der Waals surface area contributed by atoms with Crippen molar-refractivity contribution in [3.05, 3.63) is 161 Å². The minimum Gasteiger partial charge on any atom is -0.399 e. The van der Waals surface area contributed by atoms with Gasteiger partial charge in [0.2, 0.25) is 0 Å². The van der Waals surface area contributed by atoms with Crippen molar-refractivity contribution in [3.63, 3.8) is 0 Å². The first-order valence-corrected chi connectivity index (χ1v) is 29.3. The van der Waals surface area contributed by atoms with Crippen LogP contribution in [0.5, 0.6) is 0 Å². The summed E-state index contributed by atoms with van der Waals surface area (Å²) < 4.78 is 323. The zero-order valence-electron chi connectivity index (χ0n) is 52.6. The molecule has 10 rings (SSSR count). The number of fused-ring (bicyclic) bond motifs is 3. The number of carbonyl (C=O) groups excluding carboxylic acids is 2. The highest BCUT2D eigenvalue weighted by Crippen LogP contribution is 2.42. The number of aliphatic hydroxyl groups is 1. The third-order valence-electron chi connectivity index (χ3n) is 14.9. The van der Waals surface area contributed by atoms with Gasteiger partial charge in [0.1, 0.15) is 40.1 Å². The fourth-order valence-electron chi connectivity index (χ4n) is 8.83. The smallest absolute Gasteiger partial charge is 0.399 e. The summed E-state index contributed by atoms with van der Waals surface area (Å²) in [5, 5.41) is 19.6. The van der Waals surface area contributed by atoms with E-state index in [4.69, 9.17) is 9.31 Å². The minimum absolute atomic E-state index is 0.0185. The molecule has 0 radical (unpaired) electrons. The Kier molecular flexibility index (Phi) is 22.3. The molecule has 0 spiro atoms. The fraction of sp³-hybridized carbons (Fsp3) is 0.386. The van der Waals surface area contributed by atoms with Crippen molar-refractivity contribution in [2.45, 2.75) is 140 Å². The molecule has 1 unspecified atom stereocenters. The van der Waals surface area contributed by atoms with E-state index in [1.54, 1.807) is 27.7 Å². The number of halogens is 25. The van der Waals surface area contributed by atoms with Gasteiger partial charge in [0.05, 0.1) is 40.8 Å². The predicted molar refractivity (Wildman–Crippen MR) is 316 cm³/mol. The number of pyridine rings is 3. The molecule has 1 atom stereocenters. The largest absolute Gasteiger partial charge is 0.498 e. The standard InChI is InChI=1S/C17H12F8N4O2.C17H10F8N4O2.C12H16BF5N2O2.C11H6F3IN2O2/c2*1-8(30)9-2-3-29-11(4-9)27-13(16(20,21)22)12(14(29)31)10-5-26-28(6-10)7-15(18,19)17(23,24)25;1-9(2)10(3,4)22-13(21-9)8-5-19-20(6-8)7-11(14,15)12(16,17)18;1-5(18)6-2-3-17-7(4-6)16-9(11(12,13)14)8(15)10(17)19/h2-6,8,30H,7H2,1H3;2-6H,7H2,1H3;5-6H,7H2,1-4H3;2-4H,1H3. The summed E-state index contributed by atoms with van der Waals surface area (Å²) in [7, 11) is -0.863. The molecule has 9 aromatic rings. The molecule has 0 amide bonds. The van der Waals surface area contributed by atoms with E-state index in [0.717, 1.165) is 64.8 Å². The Morgan fingerprint density at radius 1 is 0.495 bits per heavy atom. The summed E-state index contributed by atoms with van der Waals surface area (Å²) in [5.74, 6) is -16.1. The summed E-state index contributed by atoms with van der Waals surface area (Å²) in [4.78, 5) is 70.1. The number of aliphatic hydroxyl groups excluding tert-OH is 1. The predicted octanol–water partition coefficient (Wildman–Crippen LogP) is 12.7. The SMILES string of the molecule is CC(=O)c1ccn2c(=O)c(-c3cnn(CC(F)(F)C(F)(F)F)c3)c(C(F)(F)F)nc2c1.CC(=O)c1ccn2c(=O)c(I)c(C(F)(F)F)nc2c1.CC(O)c1ccn2c(=O)c(-c3cnn(CC(F)(F)C(F)(F)F)c3)c(C(F)(F)F)nc2c1.CC1(C)OB(c2cnn(CC(F)(F)C(F)(F)F)c2)OC1(C)C. The molecular weight excluding hydrogens is 1570 g/mol. The minimum atomic E-state index is -5.91. The van der Waals surface area contributed by atoms with Crippen LogP contribution in [0, 0.1) is 3.57 Å². The molecule has 0 bridgehead atoms. The lowest BCUT2D eigenvalue weighted by Crippen LogP contribution is -2.41. The molecule has 103 heavy (non-hydrogen) atoms. The van der Waals surface area contributed by atoms with Gasteiger partial charge in [-0.25, -0.2) is 15.0 Å². The first kappa shape index (κ1) is 81.3. The molecule has 558 valence electrons. The van der Waals surface area contributed by atoms with Crippen LogP contribution in [0.4, 0.5) is 105 Å². The van der Waals surface area contributed by atoms with Crippen LogP contribution >= 0.6 is 22.6 Å². The molecule has 1 aliphatic rings. The Hall–Kier alpha value is -8.96. The van der Waals surface area contributed by atoms with E-state index in [2.05, 4.69) is 30.2 Å². The number of Topliss-reactive ketones (excluding diaryl/α,β-unsaturated/α-hetero) is 2. The number of aromatic nitrogens is 12. The molecule has 1 N–H and O–H groups in total. The van der Waals surface area contributed by atoms with Crippen molar-refractivity contribution in [1.29, 1.82) is 0 Å². The van der Waals surface area contributed by atoms with E-state index in [1.807, 2.05) is 0 Å². The number of ketones is 2. The van der Waals surface area contributed by atoms with Gasteiger partial charge in [0.15, 0.2) is 28.6 Å². The normalized spacial score (nSPS) is 15.0. The number of alkyl halides is 24. The van der Waals surface area contributed by atoms with Gasteiger partial charge in [-0.3, -0.25) is 51.2 Å². The molecule has 9 aromatic heterocycles. The van der Waals surface area contributed by atoms with Gasteiger partial charge in [0.25, 0.3) is 16.7 Å². The lowest BCUT2D eigenvalue weighted by Gasteiger charge is -2.32. The van der Waals surface area contributed by atoms with Crippen LogP contribution in [-0.4, -0.2) is 129 Å². The van der Waals surface area contributed by atoms with Gasteiger partial charge in [-0.15, -0.1) is 0 Å². The molecule has 46 heteroatoms. The van der Waals surface area contributed by atoms with E-state index in [0.29, 0.717) is 33.9 Å². The third-order valence-corrected chi connectivity index (χ3v) is 15.9. The molecule has 0 aliphatic carbocycles. The van der Waals surface area contributed by atoms with E-state index >= 15 is 0 Å². The van der Waals surface area contributed by atoms with Crippen molar-refractivity contribution in [3.8, 4) is 22.3 Å². The van der Waals surface area contributed by atoms with Crippen LogP contribution in [0.2, 0.25) is 0 Å². The first-order chi connectivity index (χ1) is 46.7. The number of hydrogen-bond donors (Lipinski definition) is 1. The second-order valence-corrected chi connectivity index (χ2v) is 24.2. The van der Waals surface area contributed by atoms with Gasteiger partial charge >= 0.3 is 61.9 Å². The maximum absolute atomic E-state index is 13.6. The second-order valence-electron chi connectivity index (χ2n) is 23.1. The van der Waals surface area contributed by atoms with Crippen LogP contribution in [0.15, 0.2) is 107 Å². The Morgan fingerprint density at radius 2 is 0.816 bits per heavy atom. The molecular formula is C57H44BF24IN12O8. The van der Waals surface area contributed by atoms with Crippen LogP contribution in [0.3, 0.4) is 0 Å². The Balaban J connectivity index is 0.000000196. The Bertz CT molecular complexity index is 4860. The summed E-state index contributed by atoms with van der Waals surface area (Å²) in [6, 6.07) is 6.94. The zero-order valence-corrected chi connectivity index (χ0v) is 54.7. The lowest BCUT2D eigenvalue weighted by atomic mass is 9.82. The topological polar surface area (TPSA) is 229 Å². The average Bonchev–Trinajstić information content (AvgIpc) is 1.06. The third kappa shape index (κ3) is 17.8. The molecule has 1 aliphatic heterocycles.